The molecule has 0 radical (unpaired) electrons. The first-order chi connectivity index (χ1) is 16.0. The number of hydrogen-bond acceptors (Lipinski definition) is 4. The van der Waals surface area contributed by atoms with Crippen molar-refractivity contribution in [3.8, 4) is 5.75 Å². The van der Waals surface area contributed by atoms with Crippen LogP contribution in [0, 0.1) is 12.7 Å². The molecule has 0 bridgehead atoms. The van der Waals surface area contributed by atoms with E-state index in [0.717, 1.165) is 27.6 Å². The molecule has 0 unspecified atom stereocenters. The normalized spacial score (nSPS) is 13.7. The standard InChI is InChI=1S/C27H23ClFNO3/c1-17-21-14-24(28)26-23(15-30(16-32-26)11-10-19-8-5-9-20(29)12-19)25(21)33-27(31)22(17)13-18-6-3-2-4-7-18/h2-9,12,14H,10-11,13,15-16H2,1H3. The summed E-state index contributed by atoms with van der Waals surface area (Å²) in [5, 5.41) is 1.32. The molecule has 4 aromatic rings. The smallest absolute Gasteiger partial charge is 0.340 e. The van der Waals surface area contributed by atoms with Crippen LogP contribution in [0.4, 0.5) is 4.39 Å². The Morgan fingerprint density at radius 2 is 1.85 bits per heavy atom. The molecule has 33 heavy (non-hydrogen) atoms. The Bertz CT molecular complexity index is 1380. The van der Waals surface area contributed by atoms with E-state index in [1.165, 1.54) is 6.07 Å². The Balaban J connectivity index is 1.48. The van der Waals surface area contributed by atoms with Gasteiger partial charge in [-0.05, 0) is 48.2 Å². The number of halogens is 2. The molecule has 0 fully saturated rings. The Hall–Kier alpha value is -3.15. The summed E-state index contributed by atoms with van der Waals surface area (Å²) in [7, 11) is 0. The third-order valence-corrected chi connectivity index (χ3v) is 6.46. The minimum Gasteiger partial charge on any atom is -0.476 e. The third-order valence-electron chi connectivity index (χ3n) is 6.18. The fraction of sp³-hybridized carbons (Fsp3) is 0.222. The fourth-order valence-electron chi connectivity index (χ4n) is 4.39. The second kappa shape index (κ2) is 9.00. The highest BCUT2D eigenvalue weighted by molar-refractivity contribution is 6.33. The second-order valence-corrected chi connectivity index (χ2v) is 8.81. The lowest BCUT2D eigenvalue weighted by Gasteiger charge is -2.30. The van der Waals surface area contributed by atoms with Crippen LogP contribution in [0.1, 0.15) is 27.8 Å². The van der Waals surface area contributed by atoms with Gasteiger partial charge in [-0.15, -0.1) is 0 Å². The van der Waals surface area contributed by atoms with Crippen LogP contribution in [0.25, 0.3) is 11.0 Å². The van der Waals surface area contributed by atoms with E-state index in [1.54, 1.807) is 12.1 Å². The van der Waals surface area contributed by atoms with Crippen molar-refractivity contribution in [3.05, 3.63) is 110 Å². The van der Waals surface area contributed by atoms with Crippen molar-refractivity contribution >= 4 is 22.6 Å². The zero-order valence-corrected chi connectivity index (χ0v) is 19.0. The average Bonchev–Trinajstić information content (AvgIpc) is 2.82. The van der Waals surface area contributed by atoms with Gasteiger partial charge in [0.2, 0.25) is 0 Å². The van der Waals surface area contributed by atoms with Crippen LogP contribution in [0.15, 0.2) is 69.9 Å². The van der Waals surface area contributed by atoms with Gasteiger partial charge in [-0.2, -0.15) is 0 Å². The van der Waals surface area contributed by atoms with Crippen LogP contribution in [0.2, 0.25) is 5.02 Å². The highest BCUT2D eigenvalue weighted by Crippen LogP contribution is 2.39. The molecule has 1 aliphatic heterocycles. The van der Waals surface area contributed by atoms with Crippen LogP contribution >= 0.6 is 11.6 Å². The van der Waals surface area contributed by atoms with Gasteiger partial charge in [-0.25, -0.2) is 9.18 Å². The van der Waals surface area contributed by atoms with Crippen LogP contribution in [0.5, 0.6) is 5.75 Å². The maximum atomic E-state index is 13.5. The van der Waals surface area contributed by atoms with Crippen LogP contribution in [-0.2, 0) is 19.4 Å². The molecule has 0 spiro atoms. The van der Waals surface area contributed by atoms with Crippen LogP contribution in [-0.4, -0.2) is 18.2 Å². The molecule has 0 N–H and O–H groups in total. The molecule has 3 aromatic carbocycles. The minimum absolute atomic E-state index is 0.242. The highest BCUT2D eigenvalue weighted by Gasteiger charge is 2.26. The van der Waals surface area contributed by atoms with Gasteiger partial charge in [0.1, 0.15) is 23.9 Å². The molecular weight excluding hydrogens is 441 g/mol. The number of ether oxygens (including phenoxy) is 1. The molecule has 168 valence electrons. The fourth-order valence-corrected chi connectivity index (χ4v) is 4.66. The van der Waals surface area contributed by atoms with Crippen LogP contribution < -0.4 is 10.4 Å². The zero-order chi connectivity index (χ0) is 22.9. The highest BCUT2D eigenvalue weighted by atomic mass is 35.5. The first-order valence-corrected chi connectivity index (χ1v) is 11.3. The maximum Gasteiger partial charge on any atom is 0.340 e. The van der Waals surface area contributed by atoms with Gasteiger partial charge < -0.3 is 9.15 Å². The van der Waals surface area contributed by atoms with Crippen molar-refractivity contribution in [2.45, 2.75) is 26.3 Å². The van der Waals surface area contributed by atoms with E-state index < -0.39 is 0 Å². The Morgan fingerprint density at radius 1 is 1.06 bits per heavy atom. The average molecular weight is 464 g/mol. The monoisotopic (exact) mass is 463 g/mol. The summed E-state index contributed by atoms with van der Waals surface area (Å²) in [6.45, 7) is 3.50. The van der Waals surface area contributed by atoms with Gasteiger partial charge in [0.25, 0.3) is 0 Å². The molecule has 5 rings (SSSR count). The van der Waals surface area contributed by atoms with Crippen molar-refractivity contribution in [1.29, 1.82) is 0 Å². The van der Waals surface area contributed by atoms with E-state index in [2.05, 4.69) is 4.90 Å². The van der Waals surface area contributed by atoms with Gasteiger partial charge in [0, 0.05) is 30.5 Å². The summed E-state index contributed by atoms with van der Waals surface area (Å²) < 4.78 is 25.3. The molecule has 1 aliphatic rings. The molecule has 0 saturated carbocycles. The van der Waals surface area contributed by atoms with E-state index in [-0.39, 0.29) is 11.4 Å². The number of nitrogens with zero attached hydrogens (tertiary/aromatic N) is 1. The summed E-state index contributed by atoms with van der Waals surface area (Å²) >= 11 is 6.58. The van der Waals surface area contributed by atoms with E-state index >= 15 is 0 Å². The van der Waals surface area contributed by atoms with Gasteiger partial charge in [-0.3, -0.25) is 4.90 Å². The number of benzene rings is 3. The first-order valence-electron chi connectivity index (χ1n) is 10.9. The van der Waals surface area contributed by atoms with Crippen molar-refractivity contribution in [2.24, 2.45) is 0 Å². The number of rotatable bonds is 5. The Kier molecular flexibility index (Phi) is 5.92. The number of aryl methyl sites for hydroxylation is 1. The van der Waals surface area contributed by atoms with Gasteiger partial charge in [-0.1, -0.05) is 54.1 Å². The van der Waals surface area contributed by atoms with E-state index in [9.17, 15) is 9.18 Å². The molecule has 1 aromatic heterocycles. The zero-order valence-electron chi connectivity index (χ0n) is 18.2. The summed E-state index contributed by atoms with van der Waals surface area (Å²) in [4.78, 5) is 15.1. The van der Waals surface area contributed by atoms with Crippen molar-refractivity contribution < 1.29 is 13.5 Å². The summed E-state index contributed by atoms with van der Waals surface area (Å²) in [5.74, 6) is 0.318. The molecule has 6 heteroatoms. The van der Waals surface area contributed by atoms with Crippen molar-refractivity contribution in [1.82, 2.24) is 4.90 Å². The van der Waals surface area contributed by atoms with E-state index in [0.29, 0.717) is 54.6 Å². The minimum atomic E-state index is -0.342. The van der Waals surface area contributed by atoms with Gasteiger partial charge in [0.05, 0.1) is 10.6 Å². The Morgan fingerprint density at radius 3 is 2.64 bits per heavy atom. The Labute approximate surface area is 196 Å². The molecule has 0 amide bonds. The molecular formula is C27H23ClFNO3. The number of hydrogen-bond donors (Lipinski definition) is 0. The molecule has 2 heterocycles. The summed E-state index contributed by atoms with van der Waals surface area (Å²) in [6.07, 6.45) is 1.18. The summed E-state index contributed by atoms with van der Waals surface area (Å²) in [6, 6.07) is 18.3. The van der Waals surface area contributed by atoms with Gasteiger partial charge in [0.15, 0.2) is 0 Å². The molecule has 0 saturated heterocycles. The lowest BCUT2D eigenvalue weighted by Crippen LogP contribution is -2.34. The quantitative estimate of drug-likeness (QED) is 0.347. The lowest BCUT2D eigenvalue weighted by molar-refractivity contribution is 0.0968. The maximum absolute atomic E-state index is 13.5. The SMILES string of the molecule is Cc1c(Cc2ccccc2)c(=O)oc2c3c(c(Cl)cc12)OCN(CCc1cccc(F)c1)C3. The number of fused-ring (bicyclic) bond motifs is 3. The molecule has 0 aliphatic carbocycles. The second-order valence-electron chi connectivity index (χ2n) is 8.40. The summed E-state index contributed by atoms with van der Waals surface area (Å²) in [5.41, 5.74) is 4.41. The van der Waals surface area contributed by atoms with E-state index in [1.807, 2.05) is 49.4 Å². The predicted molar refractivity (Wildman–Crippen MR) is 127 cm³/mol. The molecule has 4 nitrogen and oxygen atoms in total. The molecule has 0 atom stereocenters. The van der Waals surface area contributed by atoms with E-state index in [4.69, 9.17) is 20.8 Å². The largest absolute Gasteiger partial charge is 0.476 e. The van der Waals surface area contributed by atoms with Crippen molar-refractivity contribution in [2.75, 3.05) is 13.3 Å². The third kappa shape index (κ3) is 4.39. The van der Waals surface area contributed by atoms with Gasteiger partial charge >= 0.3 is 5.63 Å². The van der Waals surface area contributed by atoms with Crippen molar-refractivity contribution in [3.63, 3.8) is 0 Å². The first kappa shape index (κ1) is 21.7. The lowest BCUT2D eigenvalue weighted by atomic mass is 9.97. The topological polar surface area (TPSA) is 42.7 Å². The van der Waals surface area contributed by atoms with Crippen LogP contribution in [0.3, 0.4) is 0 Å². The predicted octanol–water partition coefficient (Wildman–Crippen LogP) is 5.88.